The van der Waals surface area contributed by atoms with E-state index in [1.165, 1.54) is 6.20 Å². The fourth-order valence-corrected chi connectivity index (χ4v) is 0.888. The summed E-state index contributed by atoms with van der Waals surface area (Å²) in [6, 6.07) is 4.97. The minimum Gasteiger partial charge on any atom is -0.370 e. The molecule has 0 unspecified atom stereocenters. The molecule has 0 aliphatic carbocycles. The summed E-state index contributed by atoms with van der Waals surface area (Å²) in [5.41, 5.74) is 9.38. The summed E-state index contributed by atoms with van der Waals surface area (Å²) in [6.07, 6.45) is 1.50. The van der Waals surface area contributed by atoms with Crippen LogP contribution in [0.25, 0.3) is 0 Å². The molecule has 0 atom stereocenters. The van der Waals surface area contributed by atoms with Gasteiger partial charge in [0.25, 0.3) is 0 Å². The van der Waals surface area contributed by atoms with Crippen molar-refractivity contribution >= 4 is 16.4 Å². The Morgan fingerprint density at radius 2 is 2.06 bits per heavy atom. The van der Waals surface area contributed by atoms with E-state index in [4.69, 9.17) is 9.96 Å². The van der Waals surface area contributed by atoms with Crippen molar-refractivity contribution in [1.82, 2.24) is 4.98 Å². The third-order valence-electron chi connectivity index (χ3n) is 1.08. The van der Waals surface area contributed by atoms with E-state index in [1.54, 1.807) is 18.2 Å². The number of pyridine rings is 1. The lowest BCUT2D eigenvalue weighted by atomic mass is 10.4. The first kappa shape index (κ1) is 14.3. The van der Waals surface area contributed by atoms with Gasteiger partial charge in [-0.1, -0.05) is 6.07 Å². The van der Waals surface area contributed by atoms with Gasteiger partial charge in [0.15, 0.2) is 5.96 Å². The van der Waals surface area contributed by atoms with Gasteiger partial charge in [0, 0.05) is 6.20 Å². The van der Waals surface area contributed by atoms with E-state index in [9.17, 15) is 8.42 Å². The zero-order chi connectivity index (χ0) is 12.6. The average molecular weight is 248 g/mol. The van der Waals surface area contributed by atoms with Crippen molar-refractivity contribution in [2.45, 2.75) is 6.61 Å². The fraction of sp³-hybridized carbons (Fsp3) is 0.143. The Morgan fingerprint density at radius 1 is 1.50 bits per heavy atom. The molecule has 0 fully saturated rings. The normalized spacial score (nSPS) is 10.1. The molecule has 1 heterocycles. The molecule has 9 heteroatoms. The van der Waals surface area contributed by atoms with E-state index in [0.717, 1.165) is 0 Å². The second-order valence-electron chi connectivity index (χ2n) is 2.47. The summed E-state index contributed by atoms with van der Waals surface area (Å²) in [4.78, 5) is 3.78. The number of rotatable bonds is 3. The molecule has 0 spiro atoms. The quantitative estimate of drug-likeness (QED) is 0.311. The lowest BCUT2D eigenvalue weighted by Gasteiger charge is -1.97. The molecule has 0 aromatic carbocycles. The van der Waals surface area contributed by atoms with Gasteiger partial charge in [0.2, 0.25) is 0 Å². The zero-order valence-corrected chi connectivity index (χ0v) is 9.02. The van der Waals surface area contributed by atoms with Crippen LogP contribution < -0.4 is 11.5 Å². The standard InChI is InChI=1S/C6H7NO4S.CH5N3/c8-12(9,10)11-5-6-3-1-2-4-7-6;2-1(3)4/h1-4H,5H2,(H,8,9,10);(H5,2,3,4). The predicted octanol–water partition coefficient (Wildman–Crippen LogP) is -0.760. The van der Waals surface area contributed by atoms with Gasteiger partial charge >= 0.3 is 10.4 Å². The number of nitrogens with two attached hydrogens (primary N) is 2. The van der Waals surface area contributed by atoms with Crippen LogP contribution in [-0.2, 0) is 21.2 Å². The molecule has 0 saturated carbocycles. The predicted molar refractivity (Wildman–Crippen MR) is 56.7 cm³/mol. The summed E-state index contributed by atoms with van der Waals surface area (Å²) in [6.45, 7) is -0.250. The molecule has 0 saturated heterocycles. The maximum absolute atomic E-state index is 10.1. The van der Waals surface area contributed by atoms with Gasteiger partial charge in [0.05, 0.1) is 5.69 Å². The minimum absolute atomic E-state index is 0.250. The lowest BCUT2D eigenvalue weighted by Crippen LogP contribution is -2.20. The molecule has 1 rings (SSSR count). The van der Waals surface area contributed by atoms with E-state index in [2.05, 4.69) is 20.6 Å². The number of nitrogens with one attached hydrogen (secondary N) is 1. The summed E-state index contributed by atoms with van der Waals surface area (Å²) in [5.74, 6) is -0.333. The first-order valence-electron chi connectivity index (χ1n) is 3.92. The molecule has 6 N–H and O–H groups in total. The Hall–Kier alpha value is -1.71. The van der Waals surface area contributed by atoms with Crippen LogP contribution in [0.2, 0.25) is 0 Å². The van der Waals surface area contributed by atoms with Crippen LogP contribution in [-0.4, -0.2) is 23.9 Å². The number of nitrogens with zero attached hydrogens (tertiary/aromatic N) is 1. The van der Waals surface area contributed by atoms with Gasteiger partial charge in [0.1, 0.15) is 6.61 Å². The molecule has 16 heavy (non-hydrogen) atoms. The molecular formula is C7H12N4O4S. The Morgan fingerprint density at radius 3 is 2.44 bits per heavy atom. The van der Waals surface area contributed by atoms with Gasteiger partial charge in [-0.25, -0.2) is 4.18 Å². The largest absolute Gasteiger partial charge is 0.397 e. The Balaban J connectivity index is 0.000000487. The van der Waals surface area contributed by atoms with Crippen LogP contribution in [0.5, 0.6) is 0 Å². The topological polar surface area (TPSA) is 152 Å². The van der Waals surface area contributed by atoms with E-state index in [1.807, 2.05) is 0 Å². The van der Waals surface area contributed by atoms with Gasteiger partial charge in [-0.05, 0) is 12.1 Å². The van der Waals surface area contributed by atoms with Crippen molar-refractivity contribution in [2.75, 3.05) is 0 Å². The molecule has 90 valence electrons. The number of hydrogen-bond acceptors (Lipinski definition) is 5. The van der Waals surface area contributed by atoms with Gasteiger partial charge in [-0.2, -0.15) is 8.42 Å². The summed E-state index contributed by atoms with van der Waals surface area (Å²) in [5, 5.41) is 6.06. The molecule has 0 amide bonds. The average Bonchev–Trinajstić information content (AvgIpc) is 2.14. The van der Waals surface area contributed by atoms with Crippen molar-refractivity contribution in [1.29, 1.82) is 5.41 Å². The highest BCUT2D eigenvalue weighted by atomic mass is 32.3. The Kier molecular flexibility index (Phi) is 6.00. The second-order valence-corrected chi connectivity index (χ2v) is 3.56. The summed E-state index contributed by atoms with van der Waals surface area (Å²) >= 11 is 0. The van der Waals surface area contributed by atoms with Gasteiger partial charge in [-0.15, -0.1) is 0 Å². The highest BCUT2D eigenvalue weighted by Crippen LogP contribution is 1.98. The molecular weight excluding hydrogens is 236 g/mol. The third kappa shape index (κ3) is 10.4. The van der Waals surface area contributed by atoms with Crippen LogP contribution in [0.4, 0.5) is 0 Å². The van der Waals surface area contributed by atoms with Crippen LogP contribution in [0.1, 0.15) is 5.69 Å². The number of hydrogen-bond donors (Lipinski definition) is 4. The molecule has 1 aromatic heterocycles. The number of aromatic nitrogens is 1. The van der Waals surface area contributed by atoms with Crippen molar-refractivity contribution in [3.05, 3.63) is 30.1 Å². The second kappa shape index (κ2) is 6.71. The van der Waals surface area contributed by atoms with Crippen LogP contribution in [0.3, 0.4) is 0 Å². The maximum atomic E-state index is 10.1. The zero-order valence-electron chi connectivity index (χ0n) is 8.20. The first-order valence-corrected chi connectivity index (χ1v) is 5.29. The number of guanidine groups is 1. The molecule has 0 bridgehead atoms. The minimum atomic E-state index is -4.36. The highest BCUT2D eigenvalue weighted by Gasteiger charge is 2.04. The smallest absolute Gasteiger partial charge is 0.370 e. The lowest BCUT2D eigenvalue weighted by molar-refractivity contribution is 0.256. The molecule has 0 radical (unpaired) electrons. The first-order chi connectivity index (χ1) is 7.31. The monoisotopic (exact) mass is 248 g/mol. The Bertz CT molecular complexity index is 415. The fourth-order valence-electron chi connectivity index (χ4n) is 0.618. The highest BCUT2D eigenvalue weighted by molar-refractivity contribution is 7.80. The van der Waals surface area contributed by atoms with Crippen molar-refractivity contribution in [2.24, 2.45) is 11.5 Å². The van der Waals surface area contributed by atoms with Gasteiger partial charge in [-0.3, -0.25) is 14.9 Å². The van der Waals surface area contributed by atoms with Crippen molar-refractivity contribution < 1.29 is 17.2 Å². The molecule has 1 aromatic rings. The molecule has 0 aliphatic heterocycles. The van der Waals surface area contributed by atoms with Crippen molar-refractivity contribution in [3.8, 4) is 0 Å². The van der Waals surface area contributed by atoms with Crippen molar-refractivity contribution in [3.63, 3.8) is 0 Å². The Labute approximate surface area is 92.7 Å². The van der Waals surface area contributed by atoms with Gasteiger partial charge < -0.3 is 11.5 Å². The van der Waals surface area contributed by atoms with Crippen LogP contribution in [0.15, 0.2) is 24.4 Å². The SMILES string of the molecule is N=C(N)N.O=S(=O)(O)OCc1ccccn1. The summed E-state index contributed by atoms with van der Waals surface area (Å²) in [7, 11) is -4.36. The van der Waals surface area contributed by atoms with E-state index >= 15 is 0 Å². The van der Waals surface area contributed by atoms with E-state index in [-0.39, 0.29) is 12.6 Å². The van der Waals surface area contributed by atoms with E-state index in [0.29, 0.717) is 5.69 Å². The molecule has 0 aliphatic rings. The molecule has 8 nitrogen and oxygen atoms in total. The third-order valence-corrected chi connectivity index (χ3v) is 1.50. The van der Waals surface area contributed by atoms with E-state index < -0.39 is 10.4 Å². The van der Waals surface area contributed by atoms with Crippen LogP contribution >= 0.6 is 0 Å². The summed E-state index contributed by atoms with van der Waals surface area (Å²) < 4.78 is 32.5. The van der Waals surface area contributed by atoms with Crippen LogP contribution in [0, 0.1) is 5.41 Å². The maximum Gasteiger partial charge on any atom is 0.397 e.